The number of rotatable bonds is 3. The van der Waals surface area contributed by atoms with E-state index in [-0.39, 0.29) is 17.7 Å². The van der Waals surface area contributed by atoms with E-state index in [0.29, 0.717) is 0 Å². The van der Waals surface area contributed by atoms with Gasteiger partial charge in [0, 0.05) is 0 Å². The molecular weight excluding hydrogens is 296 g/mol. The van der Waals surface area contributed by atoms with Crippen molar-refractivity contribution in [3.8, 4) is 34.5 Å². The van der Waals surface area contributed by atoms with Crippen LogP contribution in [0.25, 0.3) is 0 Å². The van der Waals surface area contributed by atoms with Gasteiger partial charge in [0.25, 0.3) is 0 Å². The number of ether oxygens (including phenoxy) is 1. The highest BCUT2D eigenvalue weighted by Gasteiger charge is 2.15. The second-order valence-corrected chi connectivity index (χ2v) is 4.42. The SMILES string of the molecule is O=C(OCc1cc(O)c(O)c(O)c1)c1cc(O)c(O)c(O)c1. The number of benzene rings is 2. The second-order valence-electron chi connectivity index (χ2n) is 4.42. The van der Waals surface area contributed by atoms with E-state index in [1.807, 2.05) is 0 Å². The summed E-state index contributed by atoms with van der Waals surface area (Å²) >= 11 is 0. The smallest absolute Gasteiger partial charge is 0.338 e. The molecule has 0 fully saturated rings. The Kier molecular flexibility index (Phi) is 3.85. The number of aromatic hydroxyl groups is 6. The van der Waals surface area contributed by atoms with E-state index in [2.05, 4.69) is 0 Å². The van der Waals surface area contributed by atoms with Gasteiger partial charge in [0.1, 0.15) is 6.61 Å². The van der Waals surface area contributed by atoms with Gasteiger partial charge in [0.05, 0.1) is 5.56 Å². The van der Waals surface area contributed by atoms with Crippen LogP contribution >= 0.6 is 0 Å². The van der Waals surface area contributed by atoms with Crippen molar-refractivity contribution in [3.05, 3.63) is 35.4 Å². The van der Waals surface area contributed by atoms with Crippen LogP contribution in [-0.2, 0) is 11.3 Å². The lowest BCUT2D eigenvalue weighted by molar-refractivity contribution is 0.0471. The molecule has 0 aromatic heterocycles. The van der Waals surface area contributed by atoms with Crippen molar-refractivity contribution in [2.45, 2.75) is 6.61 Å². The zero-order valence-corrected chi connectivity index (χ0v) is 11.0. The highest BCUT2D eigenvalue weighted by atomic mass is 16.5. The zero-order chi connectivity index (χ0) is 16.4. The van der Waals surface area contributed by atoms with Gasteiger partial charge in [0.2, 0.25) is 0 Å². The van der Waals surface area contributed by atoms with E-state index in [1.54, 1.807) is 0 Å². The molecule has 0 heterocycles. The molecule has 0 unspecified atom stereocenters. The first kappa shape index (κ1) is 15.1. The van der Waals surface area contributed by atoms with Crippen LogP contribution in [0.3, 0.4) is 0 Å². The van der Waals surface area contributed by atoms with Gasteiger partial charge in [-0.2, -0.15) is 0 Å². The standard InChI is InChI=1S/C14H12O8/c15-8-1-6(2-9(16)12(8)19)5-22-14(21)7-3-10(17)13(20)11(18)4-7/h1-4,15-20H,5H2. The Morgan fingerprint density at radius 2 is 1.18 bits per heavy atom. The number of carbonyl (C=O) groups excluding carboxylic acids is 1. The number of hydrogen-bond donors (Lipinski definition) is 6. The topological polar surface area (TPSA) is 148 Å². The van der Waals surface area contributed by atoms with Gasteiger partial charge in [0.15, 0.2) is 34.5 Å². The van der Waals surface area contributed by atoms with Crippen molar-refractivity contribution in [1.82, 2.24) is 0 Å². The minimum atomic E-state index is -0.919. The molecular formula is C14H12O8. The summed E-state index contributed by atoms with van der Waals surface area (Å²) in [5, 5.41) is 55.6. The number of esters is 1. The Bertz CT molecular complexity index is 692. The van der Waals surface area contributed by atoms with Gasteiger partial charge in [-0.1, -0.05) is 0 Å². The summed E-state index contributed by atoms with van der Waals surface area (Å²) in [5.74, 6) is -4.90. The van der Waals surface area contributed by atoms with Crippen LogP contribution < -0.4 is 0 Å². The first-order valence-electron chi connectivity index (χ1n) is 5.95. The molecule has 0 aliphatic heterocycles. The lowest BCUT2D eigenvalue weighted by Crippen LogP contribution is -2.05. The zero-order valence-electron chi connectivity index (χ0n) is 11.0. The van der Waals surface area contributed by atoms with Crippen LogP contribution in [-0.4, -0.2) is 36.6 Å². The molecule has 0 saturated heterocycles. The summed E-state index contributed by atoms with van der Waals surface area (Å²) in [7, 11) is 0. The summed E-state index contributed by atoms with van der Waals surface area (Å²) < 4.78 is 4.87. The van der Waals surface area contributed by atoms with Crippen LogP contribution in [0.4, 0.5) is 0 Å². The number of carbonyl (C=O) groups is 1. The Morgan fingerprint density at radius 3 is 1.64 bits per heavy atom. The van der Waals surface area contributed by atoms with Crippen molar-refractivity contribution < 1.29 is 40.2 Å². The Hall–Kier alpha value is -3.29. The maximum Gasteiger partial charge on any atom is 0.338 e. The molecule has 6 N–H and O–H groups in total. The van der Waals surface area contributed by atoms with Crippen LogP contribution in [0.2, 0.25) is 0 Å². The normalized spacial score (nSPS) is 10.4. The first-order valence-corrected chi connectivity index (χ1v) is 5.95. The minimum Gasteiger partial charge on any atom is -0.504 e. The van der Waals surface area contributed by atoms with Crippen molar-refractivity contribution in [2.75, 3.05) is 0 Å². The first-order chi connectivity index (χ1) is 10.3. The quantitative estimate of drug-likeness (QED) is 0.367. The van der Waals surface area contributed by atoms with E-state index >= 15 is 0 Å². The predicted octanol–water partition coefficient (Wildman–Crippen LogP) is 1.28. The summed E-state index contributed by atoms with van der Waals surface area (Å²) in [4.78, 5) is 11.8. The van der Waals surface area contributed by atoms with Crippen LogP contribution in [0, 0.1) is 0 Å². The van der Waals surface area contributed by atoms with E-state index in [0.717, 1.165) is 24.3 Å². The highest BCUT2D eigenvalue weighted by Crippen LogP contribution is 2.37. The fourth-order valence-corrected chi connectivity index (χ4v) is 1.70. The fourth-order valence-electron chi connectivity index (χ4n) is 1.70. The predicted molar refractivity (Wildman–Crippen MR) is 72.0 cm³/mol. The number of hydrogen-bond acceptors (Lipinski definition) is 8. The third kappa shape index (κ3) is 2.90. The highest BCUT2D eigenvalue weighted by molar-refractivity contribution is 5.91. The van der Waals surface area contributed by atoms with Gasteiger partial charge in [-0.25, -0.2) is 4.79 Å². The average Bonchev–Trinajstić information content (AvgIpc) is 2.47. The summed E-state index contributed by atoms with van der Waals surface area (Å²) in [6.45, 7) is -0.345. The minimum absolute atomic E-state index is 0.202. The van der Waals surface area contributed by atoms with Gasteiger partial charge >= 0.3 is 5.97 Å². The lowest BCUT2D eigenvalue weighted by atomic mass is 10.1. The molecule has 2 aromatic rings. The van der Waals surface area contributed by atoms with Crippen LogP contribution in [0.1, 0.15) is 15.9 Å². The second kappa shape index (κ2) is 5.60. The molecule has 0 aliphatic rings. The van der Waals surface area contributed by atoms with Crippen molar-refractivity contribution in [1.29, 1.82) is 0 Å². The van der Waals surface area contributed by atoms with Gasteiger partial charge in [-0.3, -0.25) is 0 Å². The number of phenols is 6. The van der Waals surface area contributed by atoms with Gasteiger partial charge in [-0.05, 0) is 29.8 Å². The molecule has 0 spiro atoms. The lowest BCUT2D eigenvalue weighted by Gasteiger charge is -2.08. The molecule has 22 heavy (non-hydrogen) atoms. The van der Waals surface area contributed by atoms with Crippen molar-refractivity contribution in [3.63, 3.8) is 0 Å². The number of phenolic OH excluding ortho intramolecular Hbond substituents is 6. The van der Waals surface area contributed by atoms with Crippen molar-refractivity contribution >= 4 is 5.97 Å². The van der Waals surface area contributed by atoms with Crippen LogP contribution in [0.5, 0.6) is 34.5 Å². The summed E-state index contributed by atoms with van der Waals surface area (Å²) in [6, 6.07) is 3.99. The fraction of sp³-hybridized carbons (Fsp3) is 0.0714. The maximum atomic E-state index is 11.8. The Balaban J connectivity index is 2.13. The molecule has 0 radical (unpaired) electrons. The molecule has 0 saturated carbocycles. The van der Waals surface area contributed by atoms with E-state index in [9.17, 15) is 35.4 Å². The molecule has 0 atom stereocenters. The Labute approximate surface area is 123 Å². The third-order valence-corrected chi connectivity index (χ3v) is 2.80. The molecule has 8 nitrogen and oxygen atoms in total. The molecule has 116 valence electrons. The molecule has 8 heteroatoms. The third-order valence-electron chi connectivity index (χ3n) is 2.80. The molecule has 2 rings (SSSR count). The summed E-state index contributed by atoms with van der Waals surface area (Å²) in [6.07, 6.45) is 0. The molecule has 0 aliphatic carbocycles. The molecule has 2 aromatic carbocycles. The summed E-state index contributed by atoms with van der Waals surface area (Å²) in [5.41, 5.74) is -0.00612. The molecule has 0 amide bonds. The van der Waals surface area contributed by atoms with E-state index < -0.39 is 40.5 Å². The molecule has 0 bridgehead atoms. The van der Waals surface area contributed by atoms with Crippen molar-refractivity contribution in [2.24, 2.45) is 0 Å². The monoisotopic (exact) mass is 308 g/mol. The van der Waals surface area contributed by atoms with Gasteiger partial charge in [-0.15, -0.1) is 0 Å². The van der Waals surface area contributed by atoms with Gasteiger partial charge < -0.3 is 35.4 Å². The van der Waals surface area contributed by atoms with E-state index in [4.69, 9.17) is 4.74 Å². The van der Waals surface area contributed by atoms with Crippen LogP contribution in [0.15, 0.2) is 24.3 Å². The average molecular weight is 308 g/mol. The largest absolute Gasteiger partial charge is 0.504 e. The van der Waals surface area contributed by atoms with E-state index in [1.165, 1.54) is 0 Å². The maximum absolute atomic E-state index is 11.8. The Morgan fingerprint density at radius 1 is 0.773 bits per heavy atom.